The molecule has 206 valence electrons. The molecule has 9 rings (SSSR count). The standard InChI is InChI=1S/C42H27NO/c1-2-9-28(10-3-1)29-17-21-34(22-18-29)43-39-15-6-4-13-35(39)37-26-32(19-23-40(37)43)30-11-8-12-31(25-30)33-20-24-42-38(27-33)36-14-5-7-16-41(36)44-42/h1-27H. The van der Waals surface area contributed by atoms with Crippen LogP contribution in [-0.2, 0) is 0 Å². The Kier molecular flexibility index (Phi) is 5.54. The van der Waals surface area contributed by atoms with Gasteiger partial charge in [0.2, 0.25) is 0 Å². The van der Waals surface area contributed by atoms with Crippen molar-refractivity contribution in [1.82, 2.24) is 4.57 Å². The number of benzene rings is 7. The second kappa shape index (κ2) is 9.86. The number of furan rings is 1. The van der Waals surface area contributed by atoms with E-state index in [4.69, 9.17) is 4.42 Å². The van der Waals surface area contributed by atoms with Crippen LogP contribution in [0.15, 0.2) is 168 Å². The predicted octanol–water partition coefficient (Wildman–Crippen LogP) is 11.7. The van der Waals surface area contributed by atoms with Crippen LogP contribution in [0.1, 0.15) is 0 Å². The van der Waals surface area contributed by atoms with E-state index in [1.54, 1.807) is 0 Å². The van der Waals surface area contributed by atoms with Crippen LogP contribution in [0.25, 0.3) is 82.8 Å². The van der Waals surface area contributed by atoms with Gasteiger partial charge in [-0.2, -0.15) is 0 Å². The van der Waals surface area contributed by atoms with Crippen LogP contribution >= 0.6 is 0 Å². The Labute approximate surface area is 255 Å². The molecule has 44 heavy (non-hydrogen) atoms. The lowest BCUT2D eigenvalue weighted by Gasteiger charge is -2.10. The molecule has 0 aliphatic heterocycles. The van der Waals surface area contributed by atoms with Gasteiger partial charge in [0.15, 0.2) is 0 Å². The third-order valence-electron chi connectivity index (χ3n) is 8.81. The topological polar surface area (TPSA) is 18.1 Å². The Morgan fingerprint density at radius 1 is 0.318 bits per heavy atom. The van der Waals surface area contributed by atoms with Gasteiger partial charge in [0.25, 0.3) is 0 Å². The zero-order valence-corrected chi connectivity index (χ0v) is 23.9. The van der Waals surface area contributed by atoms with E-state index < -0.39 is 0 Å². The Morgan fingerprint density at radius 2 is 0.864 bits per heavy atom. The summed E-state index contributed by atoms with van der Waals surface area (Å²) in [7, 11) is 0. The normalized spacial score (nSPS) is 11.6. The number of hydrogen-bond donors (Lipinski definition) is 0. The highest BCUT2D eigenvalue weighted by molar-refractivity contribution is 6.10. The van der Waals surface area contributed by atoms with Crippen molar-refractivity contribution in [3.8, 4) is 39.1 Å². The Balaban J connectivity index is 1.14. The van der Waals surface area contributed by atoms with E-state index in [9.17, 15) is 0 Å². The van der Waals surface area contributed by atoms with Crippen LogP contribution in [-0.4, -0.2) is 4.57 Å². The molecule has 0 N–H and O–H groups in total. The lowest BCUT2D eigenvalue weighted by molar-refractivity contribution is 0.669. The van der Waals surface area contributed by atoms with Gasteiger partial charge >= 0.3 is 0 Å². The summed E-state index contributed by atoms with van der Waals surface area (Å²) in [6.45, 7) is 0. The van der Waals surface area contributed by atoms with Gasteiger partial charge in [-0.15, -0.1) is 0 Å². The fourth-order valence-electron chi connectivity index (χ4n) is 6.65. The fraction of sp³-hybridized carbons (Fsp3) is 0. The minimum Gasteiger partial charge on any atom is -0.456 e. The van der Waals surface area contributed by atoms with Crippen molar-refractivity contribution >= 4 is 43.7 Å². The number of fused-ring (bicyclic) bond motifs is 6. The molecule has 2 heteroatoms. The van der Waals surface area contributed by atoms with Crippen molar-refractivity contribution in [1.29, 1.82) is 0 Å². The summed E-state index contributed by atoms with van der Waals surface area (Å²) in [5, 5.41) is 4.80. The summed E-state index contributed by atoms with van der Waals surface area (Å²) in [6.07, 6.45) is 0. The molecule has 0 radical (unpaired) electrons. The van der Waals surface area contributed by atoms with Crippen LogP contribution in [0.5, 0.6) is 0 Å². The Bertz CT molecular complexity index is 2480. The lowest BCUT2D eigenvalue weighted by atomic mass is 9.97. The highest BCUT2D eigenvalue weighted by Gasteiger charge is 2.14. The molecule has 2 aromatic heterocycles. The molecule has 0 fully saturated rings. The van der Waals surface area contributed by atoms with Gasteiger partial charge in [-0.05, 0) is 88.0 Å². The zero-order chi connectivity index (χ0) is 29.0. The molecule has 2 nitrogen and oxygen atoms in total. The monoisotopic (exact) mass is 561 g/mol. The number of hydrogen-bond acceptors (Lipinski definition) is 1. The first kappa shape index (κ1) is 24.7. The second-order valence-electron chi connectivity index (χ2n) is 11.4. The molecule has 0 bridgehead atoms. The van der Waals surface area contributed by atoms with E-state index in [-0.39, 0.29) is 0 Å². The molecular formula is C42H27NO. The molecule has 9 aromatic rings. The average molecular weight is 562 g/mol. The first-order valence-corrected chi connectivity index (χ1v) is 15.0. The van der Waals surface area contributed by atoms with E-state index in [2.05, 4.69) is 156 Å². The van der Waals surface area contributed by atoms with Crippen molar-refractivity contribution < 1.29 is 4.42 Å². The molecule has 0 aliphatic rings. The maximum Gasteiger partial charge on any atom is 0.135 e. The fourth-order valence-corrected chi connectivity index (χ4v) is 6.65. The first-order valence-electron chi connectivity index (χ1n) is 15.0. The molecule has 7 aromatic carbocycles. The number of nitrogens with zero attached hydrogens (tertiary/aromatic N) is 1. The van der Waals surface area contributed by atoms with Crippen molar-refractivity contribution in [3.05, 3.63) is 164 Å². The second-order valence-corrected chi connectivity index (χ2v) is 11.4. The van der Waals surface area contributed by atoms with Crippen molar-refractivity contribution in [2.45, 2.75) is 0 Å². The molecule has 2 heterocycles. The summed E-state index contributed by atoms with van der Waals surface area (Å²) >= 11 is 0. The minimum absolute atomic E-state index is 0.919. The smallest absolute Gasteiger partial charge is 0.135 e. The van der Waals surface area contributed by atoms with Crippen LogP contribution < -0.4 is 0 Å². The number of aromatic nitrogens is 1. The molecule has 0 unspecified atom stereocenters. The van der Waals surface area contributed by atoms with Gasteiger partial charge in [-0.25, -0.2) is 0 Å². The average Bonchev–Trinajstić information content (AvgIpc) is 3.64. The quantitative estimate of drug-likeness (QED) is 0.209. The summed E-state index contributed by atoms with van der Waals surface area (Å²) in [5.74, 6) is 0. The van der Waals surface area contributed by atoms with Crippen molar-refractivity contribution in [2.24, 2.45) is 0 Å². The zero-order valence-electron chi connectivity index (χ0n) is 23.9. The van der Waals surface area contributed by atoms with Gasteiger partial charge in [-0.1, -0.05) is 109 Å². The first-order chi connectivity index (χ1) is 21.8. The highest BCUT2D eigenvalue weighted by atomic mass is 16.3. The molecular weight excluding hydrogens is 534 g/mol. The van der Waals surface area contributed by atoms with Crippen LogP contribution in [0, 0.1) is 0 Å². The third kappa shape index (κ3) is 3.96. The van der Waals surface area contributed by atoms with E-state index in [1.807, 2.05) is 12.1 Å². The highest BCUT2D eigenvalue weighted by Crippen LogP contribution is 2.37. The van der Waals surface area contributed by atoms with E-state index >= 15 is 0 Å². The number of rotatable bonds is 4. The molecule has 0 atom stereocenters. The largest absolute Gasteiger partial charge is 0.456 e. The van der Waals surface area contributed by atoms with Gasteiger partial charge in [0.1, 0.15) is 11.2 Å². The van der Waals surface area contributed by atoms with E-state index in [0.29, 0.717) is 0 Å². The summed E-state index contributed by atoms with van der Waals surface area (Å²) in [4.78, 5) is 0. The summed E-state index contributed by atoms with van der Waals surface area (Å²) in [6, 6.07) is 58.6. The molecule has 0 saturated heterocycles. The molecule has 0 saturated carbocycles. The molecule has 0 spiro atoms. The number of para-hydroxylation sites is 2. The van der Waals surface area contributed by atoms with Gasteiger partial charge in [-0.3, -0.25) is 0 Å². The van der Waals surface area contributed by atoms with Crippen molar-refractivity contribution in [3.63, 3.8) is 0 Å². The maximum atomic E-state index is 6.07. The third-order valence-corrected chi connectivity index (χ3v) is 8.81. The van der Waals surface area contributed by atoms with Crippen LogP contribution in [0.4, 0.5) is 0 Å². The summed E-state index contributed by atoms with van der Waals surface area (Å²) in [5.41, 5.74) is 12.6. The molecule has 0 amide bonds. The Morgan fingerprint density at radius 3 is 1.68 bits per heavy atom. The van der Waals surface area contributed by atoms with Crippen molar-refractivity contribution in [2.75, 3.05) is 0 Å². The lowest BCUT2D eigenvalue weighted by Crippen LogP contribution is -1.93. The maximum absolute atomic E-state index is 6.07. The minimum atomic E-state index is 0.919. The summed E-state index contributed by atoms with van der Waals surface area (Å²) < 4.78 is 8.45. The van der Waals surface area contributed by atoms with E-state index in [0.717, 1.165) is 27.6 Å². The SMILES string of the molecule is c1ccc(-c2ccc(-n3c4ccccc4c4cc(-c5cccc(-c6ccc7oc8ccccc8c7c6)c5)ccc43)cc2)cc1. The predicted molar refractivity (Wildman–Crippen MR) is 184 cm³/mol. The van der Waals surface area contributed by atoms with Crippen LogP contribution in [0.2, 0.25) is 0 Å². The van der Waals surface area contributed by atoms with Gasteiger partial charge in [0, 0.05) is 27.2 Å². The van der Waals surface area contributed by atoms with Crippen LogP contribution in [0.3, 0.4) is 0 Å². The van der Waals surface area contributed by atoms with Gasteiger partial charge < -0.3 is 8.98 Å². The van der Waals surface area contributed by atoms with Gasteiger partial charge in [0.05, 0.1) is 11.0 Å². The molecule has 0 aliphatic carbocycles. The Hall–Kier alpha value is -5.86. The van der Waals surface area contributed by atoms with E-state index in [1.165, 1.54) is 55.2 Å².